The molecular formula is C30H48O3. The monoisotopic (exact) mass is 456 g/mol. The molecule has 0 amide bonds. The van der Waals surface area contributed by atoms with E-state index >= 15 is 0 Å². The van der Waals surface area contributed by atoms with Gasteiger partial charge in [0, 0.05) is 0 Å². The SMILES string of the molecule is CC1=C2[C@H]3CC[C@@H]4[C@@]5(C)CC[C@H](O)C(C)(C)[C@@H]5CC[C@@]4(C)[C@]3(C(=O)O)CC[C@@]2(C)CC[C@H]1C. The van der Waals surface area contributed by atoms with E-state index in [9.17, 15) is 15.0 Å². The van der Waals surface area contributed by atoms with Crippen LogP contribution < -0.4 is 0 Å². The molecule has 0 bridgehead atoms. The van der Waals surface area contributed by atoms with Crippen LogP contribution in [-0.4, -0.2) is 22.3 Å². The minimum Gasteiger partial charge on any atom is -0.481 e. The predicted octanol–water partition coefficient (Wildman–Crippen LogP) is 7.23. The summed E-state index contributed by atoms with van der Waals surface area (Å²) in [6, 6.07) is 0. The van der Waals surface area contributed by atoms with Crippen LogP contribution in [0.5, 0.6) is 0 Å². The highest BCUT2D eigenvalue weighted by Gasteiger charge is 2.72. The molecular weight excluding hydrogens is 408 g/mol. The minimum atomic E-state index is -0.642. The second-order valence-corrected chi connectivity index (χ2v) is 14.4. The Morgan fingerprint density at radius 3 is 2.21 bits per heavy atom. The van der Waals surface area contributed by atoms with E-state index in [2.05, 4.69) is 48.5 Å². The molecule has 0 heterocycles. The van der Waals surface area contributed by atoms with E-state index < -0.39 is 11.4 Å². The van der Waals surface area contributed by atoms with E-state index in [0.717, 1.165) is 51.4 Å². The van der Waals surface area contributed by atoms with Gasteiger partial charge in [-0.05, 0) is 116 Å². The largest absolute Gasteiger partial charge is 0.481 e. The van der Waals surface area contributed by atoms with Gasteiger partial charge in [-0.3, -0.25) is 4.79 Å². The standard InChI is InChI=1S/C30H48O3/c1-18-10-13-27(5)16-17-30(25(32)33)20(24(27)19(18)2)8-9-22-28(6)14-12-23(31)26(3,4)21(28)11-15-29(22,30)7/h18,20-23,31H,8-17H2,1-7H3,(H,32,33)/t18-,20-,21+,22-,23+,27-,28+,29-,30-/m1/s1. The molecule has 9 atom stereocenters. The lowest BCUT2D eigenvalue weighted by molar-refractivity contribution is -0.237. The highest BCUT2D eigenvalue weighted by atomic mass is 16.4. The number of aliphatic carboxylic acids is 1. The maximum absolute atomic E-state index is 13.5. The van der Waals surface area contributed by atoms with Crippen LogP contribution in [0.4, 0.5) is 0 Å². The van der Waals surface area contributed by atoms with Gasteiger partial charge in [0.1, 0.15) is 0 Å². The van der Waals surface area contributed by atoms with E-state index in [-0.39, 0.29) is 33.7 Å². The Labute approximate surface area is 201 Å². The third-order valence-electron chi connectivity index (χ3n) is 13.1. The molecule has 186 valence electrons. The van der Waals surface area contributed by atoms with E-state index in [1.165, 1.54) is 18.4 Å². The van der Waals surface area contributed by atoms with Gasteiger partial charge in [0.05, 0.1) is 11.5 Å². The van der Waals surface area contributed by atoms with Crippen LogP contribution in [0.25, 0.3) is 0 Å². The average molecular weight is 457 g/mol. The third kappa shape index (κ3) is 2.75. The second-order valence-electron chi connectivity index (χ2n) is 14.4. The second kappa shape index (κ2) is 7.11. The van der Waals surface area contributed by atoms with Crippen LogP contribution in [0.2, 0.25) is 0 Å². The van der Waals surface area contributed by atoms with Gasteiger partial charge in [-0.25, -0.2) is 0 Å². The van der Waals surface area contributed by atoms with E-state index in [1.54, 1.807) is 5.57 Å². The normalized spacial score (nSPS) is 53.4. The smallest absolute Gasteiger partial charge is 0.310 e. The number of hydrogen-bond donors (Lipinski definition) is 2. The third-order valence-corrected chi connectivity index (χ3v) is 13.1. The topological polar surface area (TPSA) is 57.5 Å². The lowest BCUT2D eigenvalue weighted by Gasteiger charge is -2.71. The number of aliphatic hydroxyl groups excluding tert-OH is 1. The first-order valence-corrected chi connectivity index (χ1v) is 13.9. The number of hydrogen-bond acceptors (Lipinski definition) is 2. The molecule has 0 aromatic carbocycles. The van der Waals surface area contributed by atoms with Crippen LogP contribution in [0.1, 0.15) is 113 Å². The molecule has 0 unspecified atom stereocenters. The van der Waals surface area contributed by atoms with Gasteiger partial charge >= 0.3 is 5.97 Å². The maximum atomic E-state index is 13.5. The molecule has 0 aromatic heterocycles. The van der Waals surface area contributed by atoms with E-state index in [4.69, 9.17) is 0 Å². The van der Waals surface area contributed by atoms with Crippen molar-refractivity contribution in [3.63, 3.8) is 0 Å². The summed E-state index contributed by atoms with van der Waals surface area (Å²) in [5.74, 6) is 1.16. The fourth-order valence-corrected chi connectivity index (χ4v) is 11.1. The van der Waals surface area contributed by atoms with Gasteiger partial charge in [0.15, 0.2) is 0 Å². The van der Waals surface area contributed by atoms with Crippen molar-refractivity contribution < 1.29 is 15.0 Å². The highest BCUT2D eigenvalue weighted by Crippen LogP contribution is 2.76. The summed E-state index contributed by atoms with van der Waals surface area (Å²) >= 11 is 0. The van der Waals surface area contributed by atoms with Crippen molar-refractivity contribution in [3.8, 4) is 0 Å². The number of rotatable bonds is 1. The molecule has 0 spiro atoms. The van der Waals surface area contributed by atoms with Gasteiger partial charge < -0.3 is 10.2 Å². The van der Waals surface area contributed by atoms with Gasteiger partial charge in [-0.2, -0.15) is 0 Å². The number of aliphatic hydroxyl groups is 1. The summed E-state index contributed by atoms with van der Waals surface area (Å²) in [5, 5.41) is 22.0. The lowest BCUT2D eigenvalue weighted by atomic mass is 9.32. The van der Waals surface area contributed by atoms with Crippen molar-refractivity contribution in [2.24, 2.45) is 50.7 Å². The number of carboxylic acids is 1. The number of carbonyl (C=O) groups is 1. The van der Waals surface area contributed by atoms with E-state index in [1.807, 2.05) is 0 Å². The molecule has 4 saturated carbocycles. The molecule has 3 heteroatoms. The van der Waals surface area contributed by atoms with Gasteiger partial charge in [-0.15, -0.1) is 0 Å². The lowest BCUT2D eigenvalue weighted by Crippen LogP contribution is -2.68. The van der Waals surface area contributed by atoms with E-state index in [0.29, 0.717) is 17.8 Å². The predicted molar refractivity (Wildman–Crippen MR) is 133 cm³/mol. The zero-order valence-corrected chi connectivity index (χ0v) is 22.3. The Morgan fingerprint density at radius 2 is 1.55 bits per heavy atom. The highest BCUT2D eigenvalue weighted by molar-refractivity contribution is 5.78. The number of fused-ring (bicyclic) bond motifs is 7. The molecule has 0 saturated heterocycles. The molecule has 0 radical (unpaired) electrons. The zero-order valence-electron chi connectivity index (χ0n) is 22.3. The molecule has 2 N–H and O–H groups in total. The van der Waals surface area contributed by atoms with Crippen molar-refractivity contribution in [3.05, 3.63) is 11.1 Å². The Kier molecular flexibility index (Phi) is 5.15. The first-order valence-electron chi connectivity index (χ1n) is 13.9. The Morgan fingerprint density at radius 1 is 0.848 bits per heavy atom. The van der Waals surface area contributed by atoms with Gasteiger partial charge in [0.2, 0.25) is 0 Å². The fraction of sp³-hybridized carbons (Fsp3) is 0.900. The summed E-state index contributed by atoms with van der Waals surface area (Å²) in [7, 11) is 0. The number of carboxylic acid groups (broad SMARTS) is 1. The molecule has 0 aliphatic heterocycles. The summed E-state index contributed by atoms with van der Waals surface area (Å²) < 4.78 is 0. The van der Waals surface area contributed by atoms with Crippen LogP contribution in [0, 0.1) is 50.7 Å². The summed E-state index contributed by atoms with van der Waals surface area (Å²) in [6.07, 6.45) is 10.2. The Bertz CT molecular complexity index is 887. The van der Waals surface area contributed by atoms with Crippen LogP contribution in [0.15, 0.2) is 11.1 Å². The summed E-state index contributed by atoms with van der Waals surface area (Å²) in [4.78, 5) is 13.5. The van der Waals surface area contributed by atoms with Crippen LogP contribution >= 0.6 is 0 Å². The molecule has 0 aromatic rings. The van der Waals surface area contributed by atoms with Gasteiger partial charge in [-0.1, -0.05) is 52.7 Å². The molecule has 3 nitrogen and oxygen atoms in total. The fourth-order valence-electron chi connectivity index (χ4n) is 11.1. The molecule has 5 aliphatic carbocycles. The van der Waals surface area contributed by atoms with Crippen LogP contribution in [0.3, 0.4) is 0 Å². The average Bonchev–Trinajstić information content (AvgIpc) is 2.73. The quantitative estimate of drug-likeness (QED) is 0.409. The first-order chi connectivity index (χ1) is 15.3. The molecule has 5 rings (SSSR count). The Balaban J connectivity index is 1.65. The Hall–Kier alpha value is -0.830. The van der Waals surface area contributed by atoms with Crippen molar-refractivity contribution in [1.82, 2.24) is 0 Å². The zero-order chi connectivity index (χ0) is 24.2. The molecule has 5 aliphatic rings. The number of allylic oxidation sites excluding steroid dienone is 2. The van der Waals surface area contributed by atoms with Crippen molar-refractivity contribution in [1.29, 1.82) is 0 Å². The maximum Gasteiger partial charge on any atom is 0.310 e. The molecule has 4 fully saturated rings. The molecule has 33 heavy (non-hydrogen) atoms. The van der Waals surface area contributed by atoms with Crippen molar-refractivity contribution >= 4 is 5.97 Å². The minimum absolute atomic E-state index is 0.0926. The summed E-state index contributed by atoms with van der Waals surface area (Å²) in [5.41, 5.74) is 2.47. The van der Waals surface area contributed by atoms with Crippen LogP contribution in [-0.2, 0) is 4.79 Å². The van der Waals surface area contributed by atoms with Crippen molar-refractivity contribution in [2.45, 2.75) is 119 Å². The first kappa shape index (κ1) is 23.9. The summed E-state index contributed by atoms with van der Waals surface area (Å²) in [6.45, 7) is 16.5. The van der Waals surface area contributed by atoms with Gasteiger partial charge in [0.25, 0.3) is 0 Å². The van der Waals surface area contributed by atoms with Crippen molar-refractivity contribution in [2.75, 3.05) is 0 Å².